The lowest BCUT2D eigenvalue weighted by atomic mass is 10.0. The van der Waals surface area contributed by atoms with Gasteiger partial charge in [-0.05, 0) is 53.9 Å². The van der Waals surface area contributed by atoms with Crippen molar-refractivity contribution >= 4 is 24.0 Å². The van der Waals surface area contributed by atoms with Crippen LogP contribution in [-0.2, 0) is 27.8 Å². The molecule has 5 heterocycles. The standard InChI is InChI=1S/C41H48N10O6/c1-24(2)35(48-40(54)55)39(53)51-18-6-8-34(51)37-43-21-32(46-37)28-15-11-26(12-16-28)25-9-13-27(14-10-25)31-20-42-36(45-31)33-7-5-17-50(33)38(52)30(47-41(56)57-4)19-29-22-49(3)23-44-29/h9-16,20-24,30,33-35,48H,5-8,17-19H2,1-4H3,(H,42,45)(H,43,46)(H,47,56)(H,54,55)/t30-,33-,34-,35-/m0/s1. The van der Waals surface area contributed by atoms with Crippen LogP contribution in [-0.4, -0.2) is 101 Å². The van der Waals surface area contributed by atoms with Gasteiger partial charge in [0.05, 0.1) is 55.0 Å². The zero-order chi connectivity index (χ0) is 40.2. The quantitative estimate of drug-likeness (QED) is 0.109. The topological polar surface area (TPSA) is 203 Å². The number of carbonyl (C=O) groups is 4. The van der Waals surface area contributed by atoms with Gasteiger partial charge in [0.15, 0.2) is 0 Å². The molecule has 4 amide bonds. The van der Waals surface area contributed by atoms with Gasteiger partial charge in [-0.3, -0.25) is 9.59 Å². The number of amides is 4. The molecule has 7 rings (SSSR count). The average molecular weight is 777 g/mol. The third-order valence-electron chi connectivity index (χ3n) is 10.8. The number of rotatable bonds is 12. The van der Waals surface area contributed by atoms with Gasteiger partial charge >= 0.3 is 12.2 Å². The Kier molecular flexibility index (Phi) is 11.4. The first-order chi connectivity index (χ1) is 27.5. The van der Waals surface area contributed by atoms with Gasteiger partial charge in [0.25, 0.3) is 0 Å². The number of likely N-dealkylation sites (tertiary alicyclic amines) is 2. The maximum atomic E-state index is 13.8. The maximum Gasteiger partial charge on any atom is 0.407 e. The second-order valence-corrected chi connectivity index (χ2v) is 15.0. The van der Waals surface area contributed by atoms with Crippen molar-refractivity contribution in [3.05, 3.63) is 90.8 Å². The van der Waals surface area contributed by atoms with Crippen molar-refractivity contribution in [2.24, 2.45) is 13.0 Å². The van der Waals surface area contributed by atoms with Crippen LogP contribution >= 0.6 is 0 Å². The molecule has 0 saturated carbocycles. The van der Waals surface area contributed by atoms with Crippen molar-refractivity contribution in [1.82, 2.24) is 49.9 Å². The van der Waals surface area contributed by atoms with E-state index in [1.165, 1.54) is 7.11 Å². The van der Waals surface area contributed by atoms with Crippen LogP contribution in [0.1, 0.15) is 69.0 Å². The predicted molar refractivity (Wildman–Crippen MR) is 210 cm³/mol. The number of carbonyl (C=O) groups excluding carboxylic acids is 3. The van der Waals surface area contributed by atoms with Gasteiger partial charge in [0.2, 0.25) is 11.8 Å². The monoisotopic (exact) mass is 776 g/mol. The van der Waals surface area contributed by atoms with Gasteiger partial charge in [-0.25, -0.2) is 24.5 Å². The normalized spacial score (nSPS) is 17.8. The first kappa shape index (κ1) is 38.8. The van der Waals surface area contributed by atoms with Crippen molar-refractivity contribution < 1.29 is 29.0 Å². The number of nitrogens with zero attached hydrogens (tertiary/aromatic N) is 6. The summed E-state index contributed by atoms with van der Waals surface area (Å²) in [6.45, 7) is 4.75. The van der Waals surface area contributed by atoms with E-state index in [-0.39, 0.29) is 36.2 Å². The van der Waals surface area contributed by atoms with Crippen molar-refractivity contribution in [3.8, 4) is 33.6 Å². The zero-order valence-electron chi connectivity index (χ0n) is 32.4. The number of aromatic nitrogens is 6. The Morgan fingerprint density at radius 3 is 1.75 bits per heavy atom. The molecule has 0 aliphatic carbocycles. The smallest absolute Gasteiger partial charge is 0.407 e. The highest BCUT2D eigenvalue weighted by atomic mass is 16.5. The molecule has 0 radical (unpaired) electrons. The second kappa shape index (κ2) is 16.7. The minimum absolute atomic E-state index is 0.190. The highest BCUT2D eigenvalue weighted by Crippen LogP contribution is 2.35. The van der Waals surface area contributed by atoms with Crippen LogP contribution in [0.3, 0.4) is 0 Å². The molecule has 0 bridgehead atoms. The van der Waals surface area contributed by atoms with Crippen LogP contribution < -0.4 is 10.6 Å². The summed E-state index contributed by atoms with van der Waals surface area (Å²) >= 11 is 0. The van der Waals surface area contributed by atoms with Crippen molar-refractivity contribution in [2.75, 3.05) is 20.2 Å². The Bertz CT molecular complexity index is 2210. The highest BCUT2D eigenvalue weighted by molar-refractivity contribution is 5.87. The molecule has 2 fully saturated rings. The SMILES string of the molecule is COC(=O)N[C@@H](Cc1cn(C)cn1)C(=O)N1CCC[C@H]1c1ncc(-c2ccc(-c3ccc(-c4cnc([C@@H]5CCCN5C(=O)[C@@H](NC(=O)O)C(C)C)[nH]4)cc3)cc2)[nH]1. The first-order valence-electron chi connectivity index (χ1n) is 19.2. The lowest BCUT2D eigenvalue weighted by Gasteiger charge is -2.29. The molecular formula is C41H48N10O6. The third-order valence-corrected chi connectivity index (χ3v) is 10.8. The van der Waals surface area contributed by atoms with Crippen LogP contribution in [0.4, 0.5) is 9.59 Å². The molecule has 2 aliphatic heterocycles. The fraction of sp³-hybridized carbons (Fsp3) is 0.390. The number of benzene rings is 2. The Hall–Kier alpha value is -6.45. The molecule has 16 heteroatoms. The molecule has 4 atom stereocenters. The average Bonchev–Trinajstić information content (AvgIpc) is 4.06. The number of aryl methyl sites for hydroxylation is 1. The number of methoxy groups -OCH3 is 1. The number of H-pyrrole nitrogens is 2. The molecule has 3 aromatic heterocycles. The molecule has 5 N–H and O–H groups in total. The summed E-state index contributed by atoms with van der Waals surface area (Å²) in [4.78, 5) is 74.8. The zero-order valence-corrected chi connectivity index (χ0v) is 32.4. The van der Waals surface area contributed by atoms with E-state index in [4.69, 9.17) is 4.74 Å². The van der Waals surface area contributed by atoms with Crippen LogP contribution in [0.15, 0.2) is 73.4 Å². The number of alkyl carbamates (subject to hydrolysis) is 1. The minimum Gasteiger partial charge on any atom is -0.465 e. The number of hydrogen-bond acceptors (Lipinski definition) is 8. The summed E-state index contributed by atoms with van der Waals surface area (Å²) in [5.74, 6) is 0.733. The molecule has 5 aromatic rings. The number of imidazole rings is 3. The Labute approximate surface area is 330 Å². The van der Waals surface area contributed by atoms with Gasteiger partial charge in [0.1, 0.15) is 23.7 Å². The van der Waals surface area contributed by atoms with Crippen molar-refractivity contribution in [3.63, 3.8) is 0 Å². The molecule has 2 aromatic carbocycles. The first-order valence-corrected chi connectivity index (χ1v) is 19.2. The molecule has 298 valence electrons. The fourth-order valence-corrected chi connectivity index (χ4v) is 7.83. The minimum atomic E-state index is -1.22. The van der Waals surface area contributed by atoms with E-state index in [0.29, 0.717) is 30.4 Å². The van der Waals surface area contributed by atoms with Crippen LogP contribution in [0, 0.1) is 5.92 Å². The third kappa shape index (κ3) is 8.54. The number of nitrogens with one attached hydrogen (secondary N) is 4. The van der Waals surface area contributed by atoms with E-state index in [0.717, 1.165) is 59.3 Å². The van der Waals surface area contributed by atoms with Crippen LogP contribution in [0.5, 0.6) is 0 Å². The molecular weight excluding hydrogens is 729 g/mol. The summed E-state index contributed by atoms with van der Waals surface area (Å²) in [7, 11) is 3.12. The van der Waals surface area contributed by atoms with E-state index in [9.17, 15) is 24.3 Å². The summed E-state index contributed by atoms with van der Waals surface area (Å²) in [6, 6.07) is 14.2. The van der Waals surface area contributed by atoms with Crippen molar-refractivity contribution in [1.29, 1.82) is 0 Å². The second-order valence-electron chi connectivity index (χ2n) is 15.0. The summed E-state index contributed by atoms with van der Waals surface area (Å²) in [6.07, 6.45) is 8.49. The van der Waals surface area contributed by atoms with E-state index < -0.39 is 24.3 Å². The van der Waals surface area contributed by atoms with Crippen LogP contribution in [0.2, 0.25) is 0 Å². The van der Waals surface area contributed by atoms with Crippen molar-refractivity contribution in [2.45, 2.75) is 70.1 Å². The van der Waals surface area contributed by atoms with Gasteiger partial charge in [-0.2, -0.15) is 0 Å². The maximum absolute atomic E-state index is 13.8. The number of ether oxygens (including phenoxy) is 1. The van der Waals surface area contributed by atoms with E-state index in [1.54, 1.807) is 33.1 Å². The number of hydrogen-bond donors (Lipinski definition) is 5. The Morgan fingerprint density at radius 1 is 0.789 bits per heavy atom. The van der Waals surface area contributed by atoms with E-state index in [2.05, 4.69) is 59.8 Å². The summed E-state index contributed by atoms with van der Waals surface area (Å²) in [5, 5.41) is 14.4. The Morgan fingerprint density at radius 2 is 1.30 bits per heavy atom. The number of aromatic amines is 2. The molecule has 57 heavy (non-hydrogen) atoms. The molecule has 0 spiro atoms. The lowest BCUT2D eigenvalue weighted by molar-refractivity contribution is -0.135. The van der Waals surface area contributed by atoms with Crippen LogP contribution in [0.25, 0.3) is 33.6 Å². The lowest BCUT2D eigenvalue weighted by Crippen LogP contribution is -2.50. The van der Waals surface area contributed by atoms with E-state index in [1.807, 2.05) is 51.4 Å². The molecule has 2 aliphatic rings. The summed E-state index contributed by atoms with van der Waals surface area (Å²) < 4.78 is 6.61. The van der Waals surface area contributed by atoms with E-state index >= 15 is 0 Å². The van der Waals surface area contributed by atoms with Gasteiger partial charge < -0.3 is 44.8 Å². The van der Waals surface area contributed by atoms with Gasteiger partial charge in [0, 0.05) is 32.8 Å². The molecule has 0 unspecified atom stereocenters. The largest absolute Gasteiger partial charge is 0.465 e. The Balaban J connectivity index is 1.00. The fourth-order valence-electron chi connectivity index (χ4n) is 7.83. The molecule has 16 nitrogen and oxygen atoms in total. The summed E-state index contributed by atoms with van der Waals surface area (Å²) in [5.41, 5.74) is 6.33. The van der Waals surface area contributed by atoms with Gasteiger partial charge in [-0.1, -0.05) is 62.4 Å². The predicted octanol–water partition coefficient (Wildman–Crippen LogP) is 5.45. The molecule has 2 saturated heterocycles. The number of carboxylic acid groups (broad SMARTS) is 1. The highest BCUT2D eigenvalue weighted by Gasteiger charge is 2.38. The van der Waals surface area contributed by atoms with Gasteiger partial charge in [-0.15, -0.1) is 0 Å².